The molecular formula is C16H15BrN2O2. The largest absolute Gasteiger partial charge is 0.487 e. The van der Waals surface area contributed by atoms with E-state index in [4.69, 9.17) is 4.74 Å². The molecule has 0 radical (unpaired) electrons. The number of hydrogen-bond donors (Lipinski definition) is 1. The SMILES string of the molecule is C[C@H](O)c1cc(Br)ccc1OCc1cn2ccccc2n1. The molecule has 3 aromatic rings. The summed E-state index contributed by atoms with van der Waals surface area (Å²) in [5.74, 6) is 0.672. The highest BCUT2D eigenvalue weighted by molar-refractivity contribution is 9.10. The number of imidazole rings is 1. The van der Waals surface area contributed by atoms with Crippen LogP contribution in [0.4, 0.5) is 0 Å². The summed E-state index contributed by atoms with van der Waals surface area (Å²) in [4.78, 5) is 4.49. The van der Waals surface area contributed by atoms with Gasteiger partial charge in [-0.15, -0.1) is 0 Å². The quantitative estimate of drug-likeness (QED) is 0.782. The number of aromatic nitrogens is 2. The first-order valence-corrected chi connectivity index (χ1v) is 7.46. The molecule has 0 saturated carbocycles. The standard InChI is InChI=1S/C16H15BrN2O2/c1-11(20)14-8-12(17)5-6-15(14)21-10-13-9-19-7-3-2-4-16(19)18-13/h2-9,11,20H,10H2,1H3/t11-/m0/s1. The molecule has 0 bridgehead atoms. The first-order valence-electron chi connectivity index (χ1n) is 6.66. The molecule has 0 unspecified atom stereocenters. The van der Waals surface area contributed by atoms with Crippen LogP contribution in [0.2, 0.25) is 0 Å². The molecule has 108 valence electrons. The van der Waals surface area contributed by atoms with E-state index < -0.39 is 6.10 Å². The maximum absolute atomic E-state index is 9.82. The molecule has 0 aliphatic rings. The molecule has 1 atom stereocenters. The normalized spacial score (nSPS) is 12.5. The van der Waals surface area contributed by atoms with Gasteiger partial charge < -0.3 is 14.2 Å². The van der Waals surface area contributed by atoms with E-state index in [-0.39, 0.29) is 0 Å². The van der Waals surface area contributed by atoms with Gasteiger partial charge >= 0.3 is 0 Å². The number of aliphatic hydroxyl groups excluding tert-OH is 1. The Hall–Kier alpha value is -1.85. The van der Waals surface area contributed by atoms with Gasteiger partial charge in [-0.3, -0.25) is 0 Å². The highest BCUT2D eigenvalue weighted by Crippen LogP contribution is 2.29. The molecule has 0 aliphatic carbocycles. The van der Waals surface area contributed by atoms with Crippen molar-refractivity contribution in [1.29, 1.82) is 0 Å². The Bertz CT molecular complexity index is 735. The Labute approximate surface area is 131 Å². The highest BCUT2D eigenvalue weighted by Gasteiger charge is 2.11. The van der Waals surface area contributed by atoms with Gasteiger partial charge in [-0.1, -0.05) is 22.0 Å². The van der Waals surface area contributed by atoms with E-state index in [2.05, 4.69) is 20.9 Å². The Morgan fingerprint density at radius 3 is 2.95 bits per heavy atom. The smallest absolute Gasteiger partial charge is 0.137 e. The third-order valence-corrected chi connectivity index (χ3v) is 3.70. The average molecular weight is 347 g/mol. The van der Waals surface area contributed by atoms with Gasteiger partial charge in [-0.25, -0.2) is 4.98 Å². The van der Waals surface area contributed by atoms with Crippen LogP contribution < -0.4 is 4.74 Å². The molecule has 3 rings (SSSR count). The second-order valence-electron chi connectivity index (χ2n) is 4.85. The number of benzene rings is 1. The van der Waals surface area contributed by atoms with E-state index >= 15 is 0 Å². The summed E-state index contributed by atoms with van der Waals surface area (Å²) in [6.45, 7) is 2.09. The molecule has 21 heavy (non-hydrogen) atoms. The molecule has 2 aromatic heterocycles. The lowest BCUT2D eigenvalue weighted by molar-refractivity contribution is 0.190. The minimum Gasteiger partial charge on any atom is -0.487 e. The minimum atomic E-state index is -0.585. The van der Waals surface area contributed by atoms with Crippen LogP contribution in [0.3, 0.4) is 0 Å². The Balaban J connectivity index is 1.81. The van der Waals surface area contributed by atoms with Gasteiger partial charge in [0.25, 0.3) is 0 Å². The zero-order valence-corrected chi connectivity index (χ0v) is 13.1. The molecule has 0 spiro atoms. The van der Waals surface area contributed by atoms with Crippen molar-refractivity contribution < 1.29 is 9.84 Å². The predicted octanol–water partition coefficient (Wildman–Crippen LogP) is 3.73. The summed E-state index contributed by atoms with van der Waals surface area (Å²) in [5.41, 5.74) is 2.50. The van der Waals surface area contributed by atoms with Crippen LogP contribution in [0.15, 0.2) is 53.3 Å². The number of nitrogens with zero attached hydrogens (tertiary/aromatic N) is 2. The van der Waals surface area contributed by atoms with Gasteiger partial charge in [-0.2, -0.15) is 0 Å². The molecule has 4 nitrogen and oxygen atoms in total. The summed E-state index contributed by atoms with van der Waals surface area (Å²) in [6, 6.07) is 11.5. The van der Waals surface area contributed by atoms with Crippen molar-refractivity contribution in [3.05, 3.63) is 64.5 Å². The Morgan fingerprint density at radius 2 is 2.19 bits per heavy atom. The summed E-state index contributed by atoms with van der Waals surface area (Å²) >= 11 is 3.40. The number of rotatable bonds is 4. The zero-order chi connectivity index (χ0) is 14.8. The van der Waals surface area contributed by atoms with Crippen molar-refractivity contribution in [3.63, 3.8) is 0 Å². The molecule has 0 saturated heterocycles. The van der Waals surface area contributed by atoms with Crippen molar-refractivity contribution in [2.24, 2.45) is 0 Å². The fourth-order valence-electron chi connectivity index (χ4n) is 2.19. The summed E-state index contributed by atoms with van der Waals surface area (Å²) in [5, 5.41) is 9.82. The summed E-state index contributed by atoms with van der Waals surface area (Å²) in [6.07, 6.45) is 3.31. The summed E-state index contributed by atoms with van der Waals surface area (Å²) in [7, 11) is 0. The van der Waals surface area contributed by atoms with E-state index in [1.807, 2.05) is 53.2 Å². The third-order valence-electron chi connectivity index (χ3n) is 3.21. The predicted molar refractivity (Wildman–Crippen MR) is 84.3 cm³/mol. The van der Waals surface area contributed by atoms with Crippen molar-refractivity contribution in [2.75, 3.05) is 0 Å². The molecule has 1 N–H and O–H groups in total. The van der Waals surface area contributed by atoms with Crippen molar-refractivity contribution in [1.82, 2.24) is 9.38 Å². The third kappa shape index (κ3) is 3.09. The topological polar surface area (TPSA) is 46.8 Å². The van der Waals surface area contributed by atoms with Gasteiger partial charge in [0.05, 0.1) is 11.8 Å². The summed E-state index contributed by atoms with van der Waals surface area (Å²) < 4.78 is 8.68. The van der Waals surface area contributed by atoms with Crippen LogP contribution >= 0.6 is 15.9 Å². The number of halogens is 1. The molecule has 0 aliphatic heterocycles. The maximum Gasteiger partial charge on any atom is 0.137 e. The lowest BCUT2D eigenvalue weighted by atomic mass is 10.1. The molecule has 2 heterocycles. The van der Waals surface area contributed by atoms with E-state index in [1.165, 1.54) is 0 Å². The number of hydrogen-bond acceptors (Lipinski definition) is 3. The van der Waals surface area contributed by atoms with Gasteiger partial charge in [0, 0.05) is 22.4 Å². The number of pyridine rings is 1. The van der Waals surface area contributed by atoms with Crippen molar-refractivity contribution in [2.45, 2.75) is 19.6 Å². The van der Waals surface area contributed by atoms with Crippen LogP contribution in [-0.2, 0) is 6.61 Å². The van der Waals surface area contributed by atoms with Crippen LogP contribution in [0, 0.1) is 0 Å². The van der Waals surface area contributed by atoms with Gasteiger partial charge in [0.15, 0.2) is 0 Å². The van der Waals surface area contributed by atoms with Crippen LogP contribution in [0.5, 0.6) is 5.75 Å². The highest BCUT2D eigenvalue weighted by atomic mass is 79.9. The van der Waals surface area contributed by atoms with Crippen LogP contribution in [0.25, 0.3) is 5.65 Å². The second kappa shape index (κ2) is 5.87. The monoisotopic (exact) mass is 346 g/mol. The number of fused-ring (bicyclic) bond motifs is 1. The first kappa shape index (κ1) is 14.1. The van der Waals surface area contributed by atoms with E-state index in [1.54, 1.807) is 6.92 Å². The average Bonchev–Trinajstić information content (AvgIpc) is 2.88. The van der Waals surface area contributed by atoms with Crippen molar-refractivity contribution in [3.8, 4) is 5.75 Å². The van der Waals surface area contributed by atoms with E-state index in [0.29, 0.717) is 12.4 Å². The second-order valence-corrected chi connectivity index (χ2v) is 5.76. The number of aliphatic hydroxyl groups is 1. The maximum atomic E-state index is 9.82. The van der Waals surface area contributed by atoms with Gasteiger partial charge in [0.1, 0.15) is 18.0 Å². The molecular weight excluding hydrogens is 332 g/mol. The Morgan fingerprint density at radius 1 is 1.33 bits per heavy atom. The fraction of sp³-hybridized carbons (Fsp3) is 0.188. The lowest BCUT2D eigenvalue weighted by Crippen LogP contribution is -2.01. The number of ether oxygens (including phenoxy) is 1. The van der Waals surface area contributed by atoms with Gasteiger partial charge in [-0.05, 0) is 37.3 Å². The van der Waals surface area contributed by atoms with Gasteiger partial charge in [0.2, 0.25) is 0 Å². The lowest BCUT2D eigenvalue weighted by Gasteiger charge is -2.13. The molecule has 5 heteroatoms. The zero-order valence-electron chi connectivity index (χ0n) is 11.5. The Kier molecular flexibility index (Phi) is 3.94. The van der Waals surface area contributed by atoms with Crippen molar-refractivity contribution >= 4 is 21.6 Å². The molecule has 0 fully saturated rings. The first-order chi connectivity index (χ1) is 10.1. The van der Waals surface area contributed by atoms with Crippen LogP contribution in [-0.4, -0.2) is 14.5 Å². The van der Waals surface area contributed by atoms with E-state index in [9.17, 15) is 5.11 Å². The molecule has 0 amide bonds. The molecule has 1 aromatic carbocycles. The fourth-order valence-corrected chi connectivity index (χ4v) is 2.56. The van der Waals surface area contributed by atoms with E-state index in [0.717, 1.165) is 21.4 Å². The minimum absolute atomic E-state index is 0.364. The van der Waals surface area contributed by atoms with Crippen LogP contribution in [0.1, 0.15) is 24.3 Å².